The minimum absolute atomic E-state index is 0.194. The summed E-state index contributed by atoms with van der Waals surface area (Å²) in [6.07, 6.45) is 3.08. The van der Waals surface area contributed by atoms with Gasteiger partial charge in [-0.25, -0.2) is 0 Å². The summed E-state index contributed by atoms with van der Waals surface area (Å²) >= 11 is 1.85. The molecule has 4 rings (SSSR count). The number of benzene rings is 1. The molecule has 2 atom stereocenters. The topological polar surface area (TPSA) is 25.2 Å². The molecule has 0 aliphatic carbocycles. The maximum Gasteiger partial charge on any atom is 0.158 e. The third kappa shape index (κ3) is 1.72. The maximum atomic E-state index is 11.9. The number of Topliss-reactive ketones (excluding diaryl/α,β-unsaturated/α-hetero) is 1. The number of hydrogen-bond donors (Lipinski definition) is 0. The van der Waals surface area contributed by atoms with E-state index in [4.69, 9.17) is 0 Å². The number of aryl methyl sites for hydroxylation is 1. The molecule has 0 N–H and O–H groups in total. The maximum absolute atomic E-state index is 11.9. The van der Waals surface area contributed by atoms with E-state index < -0.39 is 0 Å². The first-order valence-corrected chi connectivity index (χ1v) is 8.14. The summed E-state index contributed by atoms with van der Waals surface area (Å²) in [6, 6.07) is 8.97. The van der Waals surface area contributed by atoms with Crippen LogP contribution >= 0.6 is 11.8 Å². The summed E-state index contributed by atoms with van der Waals surface area (Å²) in [5.41, 5.74) is 3.66. The van der Waals surface area contributed by atoms with Crippen LogP contribution in [0.5, 0.6) is 0 Å². The van der Waals surface area contributed by atoms with E-state index in [1.54, 1.807) is 6.92 Å². The monoisotopic (exact) mass is 298 g/mol. The Balaban J connectivity index is 1.95. The van der Waals surface area contributed by atoms with Crippen LogP contribution in [0.25, 0.3) is 10.9 Å². The molecule has 0 saturated carbocycles. The van der Waals surface area contributed by atoms with Crippen LogP contribution in [0.3, 0.4) is 0 Å². The first-order valence-electron chi connectivity index (χ1n) is 7.26. The van der Waals surface area contributed by atoms with Crippen molar-refractivity contribution in [2.24, 2.45) is 7.05 Å². The van der Waals surface area contributed by atoms with E-state index in [2.05, 4.69) is 54.0 Å². The standard InChI is InChI=1S/C17H18N2OS/c1-10(20)12-9-18(2)14-8-15(12)21-17-16(14)11-6-4-5-7-13(11)19(17)3/h4-7,9,14-15H,8H2,1-3H3. The summed E-state index contributed by atoms with van der Waals surface area (Å²) in [5, 5.41) is 2.95. The molecule has 0 saturated heterocycles. The molecule has 2 bridgehead atoms. The lowest BCUT2D eigenvalue weighted by atomic mass is 9.92. The quantitative estimate of drug-likeness (QED) is 0.805. The number of carbonyl (C=O) groups is 1. The normalized spacial score (nSPS) is 24.0. The molecular weight excluding hydrogens is 280 g/mol. The largest absolute Gasteiger partial charge is 0.373 e. The number of ketones is 1. The first-order chi connectivity index (χ1) is 10.1. The zero-order valence-electron chi connectivity index (χ0n) is 12.5. The number of carbonyl (C=O) groups excluding carboxylic acids is 1. The first kappa shape index (κ1) is 13.0. The number of aromatic nitrogens is 1. The average molecular weight is 298 g/mol. The molecule has 21 heavy (non-hydrogen) atoms. The molecule has 4 heteroatoms. The van der Waals surface area contributed by atoms with Gasteiger partial charge in [-0.15, -0.1) is 0 Å². The number of thioether (sulfide) groups is 1. The Morgan fingerprint density at radius 2 is 2.05 bits per heavy atom. The third-order valence-electron chi connectivity index (χ3n) is 4.70. The van der Waals surface area contributed by atoms with Crippen molar-refractivity contribution in [3.05, 3.63) is 41.6 Å². The number of nitrogens with zero attached hydrogens (tertiary/aromatic N) is 2. The van der Waals surface area contributed by atoms with Gasteiger partial charge in [0.05, 0.1) is 11.1 Å². The summed E-state index contributed by atoms with van der Waals surface area (Å²) < 4.78 is 2.28. The van der Waals surface area contributed by atoms with Crippen molar-refractivity contribution in [1.29, 1.82) is 0 Å². The van der Waals surface area contributed by atoms with Crippen LogP contribution in [0.15, 0.2) is 41.1 Å². The van der Waals surface area contributed by atoms with Gasteiger partial charge in [0.1, 0.15) is 0 Å². The lowest BCUT2D eigenvalue weighted by Gasteiger charge is -2.40. The van der Waals surface area contributed by atoms with Crippen LogP contribution in [-0.4, -0.2) is 27.5 Å². The highest BCUT2D eigenvalue weighted by molar-refractivity contribution is 8.00. The fourth-order valence-electron chi connectivity index (χ4n) is 3.64. The lowest BCUT2D eigenvalue weighted by molar-refractivity contribution is -0.113. The molecule has 3 nitrogen and oxygen atoms in total. The van der Waals surface area contributed by atoms with Gasteiger partial charge in [0.2, 0.25) is 0 Å². The molecule has 2 aliphatic heterocycles. The van der Waals surface area contributed by atoms with Crippen LogP contribution in [0.1, 0.15) is 24.9 Å². The van der Waals surface area contributed by atoms with Crippen molar-refractivity contribution in [2.45, 2.75) is 29.7 Å². The van der Waals surface area contributed by atoms with E-state index in [0.29, 0.717) is 11.3 Å². The predicted molar refractivity (Wildman–Crippen MR) is 86.4 cm³/mol. The van der Waals surface area contributed by atoms with Gasteiger partial charge in [0.15, 0.2) is 5.78 Å². The van der Waals surface area contributed by atoms with Crippen LogP contribution in [-0.2, 0) is 11.8 Å². The van der Waals surface area contributed by atoms with Gasteiger partial charge in [-0.2, -0.15) is 0 Å². The van der Waals surface area contributed by atoms with Crippen LogP contribution in [0.4, 0.5) is 0 Å². The second-order valence-corrected chi connectivity index (χ2v) is 7.15. The zero-order chi connectivity index (χ0) is 14.7. The number of hydrogen-bond acceptors (Lipinski definition) is 3. The molecule has 2 aliphatic rings. The Labute approximate surface area is 128 Å². The van der Waals surface area contributed by atoms with E-state index in [1.165, 1.54) is 21.5 Å². The van der Waals surface area contributed by atoms with E-state index in [9.17, 15) is 4.79 Å². The molecule has 3 heterocycles. The molecular formula is C17H18N2OS. The van der Waals surface area contributed by atoms with Crippen molar-refractivity contribution in [3.8, 4) is 0 Å². The SMILES string of the molecule is CC(=O)C1=CN(C)C2CC1Sc1c2c2ccccc2n1C. The number of para-hydroxylation sites is 1. The van der Waals surface area contributed by atoms with E-state index >= 15 is 0 Å². The van der Waals surface area contributed by atoms with Gasteiger partial charge >= 0.3 is 0 Å². The average Bonchev–Trinajstić information content (AvgIpc) is 2.76. The van der Waals surface area contributed by atoms with Crippen LogP contribution in [0.2, 0.25) is 0 Å². The van der Waals surface area contributed by atoms with E-state index in [-0.39, 0.29) is 5.78 Å². The Morgan fingerprint density at radius 1 is 1.29 bits per heavy atom. The summed E-state index contributed by atoms with van der Waals surface area (Å²) in [7, 11) is 4.22. The van der Waals surface area contributed by atoms with Gasteiger partial charge < -0.3 is 9.47 Å². The second kappa shape index (κ2) is 4.41. The van der Waals surface area contributed by atoms with Crippen molar-refractivity contribution in [3.63, 3.8) is 0 Å². The van der Waals surface area contributed by atoms with Crippen molar-refractivity contribution >= 4 is 28.4 Å². The van der Waals surface area contributed by atoms with E-state index in [1.807, 2.05) is 11.8 Å². The molecule has 1 aromatic heterocycles. The Morgan fingerprint density at radius 3 is 2.81 bits per heavy atom. The smallest absolute Gasteiger partial charge is 0.158 e. The van der Waals surface area contributed by atoms with Gasteiger partial charge in [0.25, 0.3) is 0 Å². The summed E-state index contributed by atoms with van der Waals surface area (Å²) in [4.78, 5) is 14.1. The molecule has 1 aromatic carbocycles. The van der Waals surface area contributed by atoms with Gasteiger partial charge in [-0.3, -0.25) is 4.79 Å². The molecule has 2 aromatic rings. The fraction of sp³-hybridized carbons (Fsp3) is 0.353. The molecule has 108 valence electrons. The molecule has 0 fully saturated rings. The summed E-state index contributed by atoms with van der Waals surface area (Å²) in [6.45, 7) is 1.68. The highest BCUT2D eigenvalue weighted by Gasteiger charge is 2.39. The molecule has 0 radical (unpaired) electrons. The Hall–Kier alpha value is -1.68. The van der Waals surface area contributed by atoms with Gasteiger partial charge in [0, 0.05) is 47.6 Å². The lowest BCUT2D eigenvalue weighted by Crippen LogP contribution is -2.34. The summed E-state index contributed by atoms with van der Waals surface area (Å²) in [5.74, 6) is 0.194. The third-order valence-corrected chi connectivity index (χ3v) is 6.15. The molecule has 0 spiro atoms. The number of rotatable bonds is 1. The van der Waals surface area contributed by atoms with Crippen molar-refractivity contribution in [1.82, 2.24) is 9.47 Å². The Bertz CT molecular complexity index is 789. The molecule has 0 amide bonds. The van der Waals surface area contributed by atoms with Crippen molar-refractivity contribution in [2.75, 3.05) is 7.05 Å². The van der Waals surface area contributed by atoms with Crippen LogP contribution < -0.4 is 0 Å². The predicted octanol–water partition coefficient (Wildman–Crippen LogP) is 3.50. The van der Waals surface area contributed by atoms with E-state index in [0.717, 1.165) is 12.0 Å². The Kier molecular flexibility index (Phi) is 2.73. The minimum Gasteiger partial charge on any atom is -0.373 e. The van der Waals surface area contributed by atoms with Crippen molar-refractivity contribution < 1.29 is 4.79 Å². The highest BCUT2D eigenvalue weighted by atomic mass is 32.2. The fourth-order valence-corrected chi connectivity index (χ4v) is 5.17. The minimum atomic E-state index is 0.194. The van der Waals surface area contributed by atoms with Gasteiger partial charge in [-0.1, -0.05) is 30.0 Å². The van der Waals surface area contributed by atoms with Gasteiger partial charge in [-0.05, 0) is 19.4 Å². The molecule has 2 unspecified atom stereocenters. The second-order valence-electron chi connectivity index (χ2n) is 5.96. The number of fused-ring (bicyclic) bond motifs is 6. The van der Waals surface area contributed by atoms with Crippen LogP contribution in [0, 0.1) is 0 Å². The zero-order valence-corrected chi connectivity index (χ0v) is 13.3. The highest BCUT2D eigenvalue weighted by Crippen LogP contribution is 2.51.